The number of allylic oxidation sites excluding steroid dienone is 4. The first-order valence-electron chi connectivity index (χ1n) is 9.22. The average molecular weight is 340 g/mol. The Morgan fingerprint density at radius 2 is 2.16 bits per heavy atom. The minimum Gasteiger partial charge on any atom is -0.494 e. The molecule has 1 aromatic carbocycles. The molecule has 132 valence electrons. The van der Waals surface area contributed by atoms with Gasteiger partial charge in [0.2, 0.25) is 0 Å². The van der Waals surface area contributed by atoms with Crippen LogP contribution in [-0.4, -0.2) is 17.6 Å². The van der Waals surface area contributed by atoms with Crippen LogP contribution in [0.3, 0.4) is 0 Å². The van der Waals surface area contributed by atoms with Crippen LogP contribution in [-0.2, 0) is 0 Å². The molecule has 3 aliphatic rings. The smallest absolute Gasteiger partial charge is 0.296 e. The lowest BCUT2D eigenvalue weighted by molar-refractivity contribution is -0.384. The normalized spacial score (nSPS) is 29.6. The summed E-state index contributed by atoms with van der Waals surface area (Å²) in [4.78, 5) is 11.4. The number of nitro groups is 1. The zero-order valence-corrected chi connectivity index (χ0v) is 14.5. The Labute approximate surface area is 147 Å². The number of benzene rings is 1. The quantitative estimate of drug-likeness (QED) is 0.485. The molecule has 4 rings (SSSR count). The van der Waals surface area contributed by atoms with E-state index >= 15 is 0 Å². The molecule has 0 fully saturated rings. The second kappa shape index (κ2) is 6.54. The highest BCUT2D eigenvalue weighted by Gasteiger charge is 2.43. The second-order valence-electron chi connectivity index (χ2n) is 7.16. The number of nitrogens with zero attached hydrogens (tertiary/aromatic N) is 1. The van der Waals surface area contributed by atoms with Gasteiger partial charge in [0.25, 0.3) is 5.69 Å². The lowest BCUT2D eigenvalue weighted by Crippen LogP contribution is -2.42. The Kier molecular flexibility index (Phi) is 4.24. The predicted molar refractivity (Wildman–Crippen MR) is 98.1 cm³/mol. The van der Waals surface area contributed by atoms with E-state index in [1.807, 2.05) is 13.0 Å². The third-order valence-corrected chi connectivity index (χ3v) is 5.79. The number of rotatable bonds is 4. The van der Waals surface area contributed by atoms with Gasteiger partial charge < -0.3 is 10.1 Å². The van der Waals surface area contributed by atoms with Gasteiger partial charge in [0.05, 0.1) is 17.6 Å². The number of ether oxygens (including phenoxy) is 1. The molecule has 1 N–H and O–H groups in total. The second-order valence-corrected chi connectivity index (χ2v) is 7.16. The van der Waals surface area contributed by atoms with Crippen LogP contribution in [0.1, 0.15) is 44.1 Å². The Hall–Kier alpha value is -2.30. The van der Waals surface area contributed by atoms with Gasteiger partial charge >= 0.3 is 0 Å². The molecule has 1 aliphatic heterocycles. The maximum absolute atomic E-state index is 11.7. The Bertz CT molecular complexity index is 741. The minimum atomic E-state index is -0.287. The van der Waals surface area contributed by atoms with Crippen molar-refractivity contribution in [2.75, 3.05) is 11.9 Å². The Morgan fingerprint density at radius 3 is 2.88 bits per heavy atom. The van der Waals surface area contributed by atoms with Crippen molar-refractivity contribution in [2.45, 2.75) is 44.6 Å². The summed E-state index contributed by atoms with van der Waals surface area (Å²) in [6.07, 6.45) is 13.3. The van der Waals surface area contributed by atoms with Crippen molar-refractivity contribution in [2.24, 2.45) is 11.8 Å². The molecular formula is C20H24N2O3. The Balaban J connectivity index is 1.78. The number of nitro benzene ring substituents is 1. The van der Waals surface area contributed by atoms with Gasteiger partial charge in [-0.25, -0.2) is 0 Å². The largest absolute Gasteiger partial charge is 0.494 e. The summed E-state index contributed by atoms with van der Waals surface area (Å²) in [6, 6.07) is 3.84. The molecule has 0 saturated carbocycles. The topological polar surface area (TPSA) is 64.4 Å². The molecular weight excluding hydrogens is 316 g/mol. The van der Waals surface area contributed by atoms with Crippen LogP contribution in [0.4, 0.5) is 11.4 Å². The van der Waals surface area contributed by atoms with E-state index in [9.17, 15) is 10.1 Å². The van der Waals surface area contributed by atoms with Gasteiger partial charge in [-0.3, -0.25) is 10.1 Å². The van der Waals surface area contributed by atoms with E-state index in [0.29, 0.717) is 29.9 Å². The fraction of sp³-hybridized carbons (Fsp3) is 0.500. The third kappa shape index (κ3) is 2.81. The van der Waals surface area contributed by atoms with Crippen molar-refractivity contribution in [3.63, 3.8) is 0 Å². The van der Waals surface area contributed by atoms with Crippen LogP contribution in [0, 0.1) is 22.0 Å². The molecule has 0 saturated heterocycles. The van der Waals surface area contributed by atoms with Gasteiger partial charge in [-0.2, -0.15) is 0 Å². The van der Waals surface area contributed by atoms with Crippen molar-refractivity contribution in [3.05, 3.63) is 52.1 Å². The van der Waals surface area contributed by atoms with Gasteiger partial charge in [-0.15, -0.1) is 0 Å². The molecule has 25 heavy (non-hydrogen) atoms. The molecule has 2 aliphatic carbocycles. The Morgan fingerprint density at radius 1 is 1.28 bits per heavy atom. The van der Waals surface area contributed by atoms with Gasteiger partial charge in [0.15, 0.2) is 0 Å². The van der Waals surface area contributed by atoms with Crippen molar-refractivity contribution >= 4 is 11.4 Å². The minimum absolute atomic E-state index is 0.135. The van der Waals surface area contributed by atoms with E-state index in [0.717, 1.165) is 31.2 Å². The van der Waals surface area contributed by atoms with Crippen molar-refractivity contribution in [3.8, 4) is 5.75 Å². The first-order valence-corrected chi connectivity index (χ1v) is 9.22. The van der Waals surface area contributed by atoms with Gasteiger partial charge in [0.1, 0.15) is 11.4 Å². The van der Waals surface area contributed by atoms with E-state index in [1.165, 1.54) is 0 Å². The summed E-state index contributed by atoms with van der Waals surface area (Å²) in [5.41, 5.74) is 1.84. The van der Waals surface area contributed by atoms with Crippen LogP contribution < -0.4 is 10.1 Å². The molecule has 0 aromatic heterocycles. The van der Waals surface area contributed by atoms with Gasteiger partial charge in [-0.05, 0) is 56.1 Å². The van der Waals surface area contributed by atoms with E-state index < -0.39 is 0 Å². The maximum atomic E-state index is 11.7. The molecule has 0 spiro atoms. The van der Waals surface area contributed by atoms with Crippen LogP contribution in [0.25, 0.3) is 0 Å². The monoisotopic (exact) mass is 340 g/mol. The third-order valence-electron chi connectivity index (χ3n) is 5.79. The van der Waals surface area contributed by atoms with Crippen LogP contribution in [0.2, 0.25) is 0 Å². The lowest BCUT2D eigenvalue weighted by atomic mass is 9.72. The molecule has 1 heterocycles. The standard InChI is InChI=1S/C20H24N2O3/c1-2-25-14-11-17-15-9-6-10-16(15)19(13-7-4-3-5-8-13)21-20(17)18(12-14)22(23)24/h3-4,6,9,11-13,15-16,19,21H,2,5,7-8,10H2,1H3/t13-,15-,16-,19-/m0/s1. The first-order chi connectivity index (χ1) is 12.2. The van der Waals surface area contributed by atoms with Crippen LogP contribution in [0.15, 0.2) is 36.4 Å². The summed E-state index contributed by atoms with van der Waals surface area (Å²) < 4.78 is 5.59. The molecule has 0 amide bonds. The predicted octanol–water partition coefficient (Wildman–Crippen LogP) is 4.80. The summed E-state index contributed by atoms with van der Waals surface area (Å²) in [5, 5.41) is 15.3. The number of hydrogen-bond acceptors (Lipinski definition) is 4. The SMILES string of the molecule is CCOc1cc2c(c([N+](=O)[O-])c1)N[C@@H]([C@H]1CC=CCC1)[C@H]1CC=C[C@H]21. The van der Waals surface area contributed by atoms with Crippen molar-refractivity contribution < 1.29 is 9.66 Å². The zero-order valence-electron chi connectivity index (χ0n) is 14.5. The number of anilines is 1. The molecule has 0 radical (unpaired) electrons. The summed E-state index contributed by atoms with van der Waals surface area (Å²) in [5.74, 6) is 1.84. The molecule has 5 heteroatoms. The molecule has 4 atom stereocenters. The van der Waals surface area contributed by atoms with Crippen LogP contribution >= 0.6 is 0 Å². The van der Waals surface area contributed by atoms with E-state index in [4.69, 9.17) is 4.74 Å². The maximum Gasteiger partial charge on any atom is 0.296 e. The highest BCUT2D eigenvalue weighted by atomic mass is 16.6. The number of nitrogens with one attached hydrogen (secondary N) is 1. The molecule has 1 aromatic rings. The fourth-order valence-corrected chi connectivity index (χ4v) is 4.70. The van der Waals surface area contributed by atoms with Crippen LogP contribution in [0.5, 0.6) is 5.75 Å². The van der Waals surface area contributed by atoms with E-state index in [1.54, 1.807) is 6.07 Å². The first kappa shape index (κ1) is 16.2. The van der Waals surface area contributed by atoms with E-state index in [-0.39, 0.29) is 22.6 Å². The highest BCUT2D eigenvalue weighted by molar-refractivity contribution is 5.72. The summed E-state index contributed by atoms with van der Waals surface area (Å²) >= 11 is 0. The lowest BCUT2D eigenvalue weighted by Gasteiger charge is -2.41. The number of hydrogen-bond donors (Lipinski definition) is 1. The van der Waals surface area contributed by atoms with Gasteiger partial charge in [0, 0.05) is 12.0 Å². The van der Waals surface area contributed by atoms with E-state index in [2.05, 4.69) is 29.6 Å². The zero-order chi connectivity index (χ0) is 17.4. The fourth-order valence-electron chi connectivity index (χ4n) is 4.70. The summed E-state index contributed by atoms with van der Waals surface area (Å²) in [7, 11) is 0. The van der Waals surface area contributed by atoms with Gasteiger partial charge in [-0.1, -0.05) is 24.3 Å². The average Bonchev–Trinajstić information content (AvgIpc) is 3.11. The van der Waals surface area contributed by atoms with Crippen molar-refractivity contribution in [1.29, 1.82) is 0 Å². The number of fused-ring (bicyclic) bond motifs is 3. The molecule has 0 bridgehead atoms. The highest BCUT2D eigenvalue weighted by Crippen LogP contribution is 2.51. The molecule has 5 nitrogen and oxygen atoms in total. The van der Waals surface area contributed by atoms with Crippen molar-refractivity contribution in [1.82, 2.24) is 0 Å². The summed E-state index contributed by atoms with van der Waals surface area (Å²) in [6.45, 7) is 2.40. The molecule has 0 unspecified atom stereocenters.